The molecule has 1 amide bonds. The van der Waals surface area contributed by atoms with Gasteiger partial charge in [-0.3, -0.25) is 4.79 Å². The van der Waals surface area contributed by atoms with Crippen LogP contribution in [0.4, 0.5) is 4.39 Å². The van der Waals surface area contributed by atoms with Gasteiger partial charge in [-0.25, -0.2) is 9.18 Å². The number of benzene rings is 1. The van der Waals surface area contributed by atoms with Gasteiger partial charge in [-0.1, -0.05) is 12.1 Å². The first kappa shape index (κ1) is 11.3. The third kappa shape index (κ3) is 2.18. The van der Waals surface area contributed by atoms with Crippen molar-refractivity contribution in [3.63, 3.8) is 0 Å². The molecule has 0 aliphatic carbocycles. The number of hydrogen-bond acceptors (Lipinski definition) is 3. The van der Waals surface area contributed by atoms with Crippen LogP contribution in [0.15, 0.2) is 30.0 Å². The van der Waals surface area contributed by atoms with E-state index in [-0.39, 0.29) is 23.8 Å². The Bertz CT molecular complexity index is 505. The van der Waals surface area contributed by atoms with Gasteiger partial charge >= 0.3 is 5.97 Å². The number of ether oxygens (including phenoxy) is 1. The predicted octanol–water partition coefficient (Wildman–Crippen LogP) is 1.23. The predicted molar refractivity (Wildman–Crippen MR) is 58.1 cm³/mol. The molecule has 1 aromatic carbocycles. The number of esters is 1. The number of hydrogen-bond donors (Lipinski definition) is 1. The van der Waals surface area contributed by atoms with Crippen LogP contribution in [0.25, 0.3) is 5.57 Å². The van der Waals surface area contributed by atoms with Crippen LogP contribution >= 0.6 is 0 Å². The van der Waals surface area contributed by atoms with Gasteiger partial charge in [-0.15, -0.1) is 0 Å². The second kappa shape index (κ2) is 4.37. The minimum Gasteiger partial charge on any atom is -0.464 e. The summed E-state index contributed by atoms with van der Waals surface area (Å²) in [5, 5.41) is 2.44. The van der Waals surface area contributed by atoms with E-state index in [1.165, 1.54) is 31.4 Å². The van der Waals surface area contributed by atoms with E-state index in [2.05, 4.69) is 10.1 Å². The largest absolute Gasteiger partial charge is 0.464 e. The van der Waals surface area contributed by atoms with Gasteiger partial charge in [0, 0.05) is 0 Å². The highest BCUT2D eigenvalue weighted by atomic mass is 19.1. The van der Waals surface area contributed by atoms with Crippen LogP contribution in [0.3, 0.4) is 0 Å². The topological polar surface area (TPSA) is 55.4 Å². The maximum atomic E-state index is 12.8. The number of amides is 1. The van der Waals surface area contributed by atoms with Crippen molar-refractivity contribution >= 4 is 17.4 Å². The van der Waals surface area contributed by atoms with E-state index in [9.17, 15) is 14.0 Å². The molecular weight excluding hydrogens is 225 g/mol. The molecule has 0 bridgehead atoms. The van der Waals surface area contributed by atoms with Gasteiger partial charge in [0.05, 0.1) is 13.5 Å². The van der Waals surface area contributed by atoms with Crippen LogP contribution in [-0.4, -0.2) is 19.0 Å². The minimum atomic E-state index is -0.602. The zero-order valence-electron chi connectivity index (χ0n) is 9.12. The maximum absolute atomic E-state index is 12.8. The van der Waals surface area contributed by atoms with Crippen molar-refractivity contribution in [2.24, 2.45) is 0 Å². The number of rotatable bonds is 2. The summed E-state index contributed by atoms with van der Waals surface area (Å²) in [6.45, 7) is 0. The van der Waals surface area contributed by atoms with Crippen molar-refractivity contribution in [1.29, 1.82) is 0 Å². The third-order valence-corrected chi connectivity index (χ3v) is 2.49. The highest BCUT2D eigenvalue weighted by molar-refractivity contribution is 6.09. The smallest absolute Gasteiger partial charge is 0.354 e. The highest BCUT2D eigenvalue weighted by Crippen LogP contribution is 2.26. The molecule has 17 heavy (non-hydrogen) atoms. The Labute approximate surface area is 97.1 Å². The summed E-state index contributed by atoms with van der Waals surface area (Å²) in [4.78, 5) is 22.7. The van der Waals surface area contributed by atoms with E-state index in [1.54, 1.807) is 0 Å². The fourth-order valence-corrected chi connectivity index (χ4v) is 1.68. The normalized spacial score (nSPS) is 14.8. The standard InChI is InChI=1S/C12H10FNO3/c1-17-12(16)11-9(6-10(15)14-11)7-2-4-8(13)5-3-7/h2-5H,6H2,1H3,(H,14,15). The summed E-state index contributed by atoms with van der Waals surface area (Å²) in [6, 6.07) is 5.60. The quantitative estimate of drug-likeness (QED) is 0.784. The second-order valence-corrected chi connectivity index (χ2v) is 3.58. The molecule has 1 heterocycles. The van der Waals surface area contributed by atoms with Gasteiger partial charge in [0.15, 0.2) is 0 Å². The minimum absolute atomic E-state index is 0.0933. The van der Waals surface area contributed by atoms with Crippen LogP contribution < -0.4 is 5.32 Å². The number of methoxy groups -OCH3 is 1. The fourth-order valence-electron chi connectivity index (χ4n) is 1.68. The Balaban J connectivity index is 2.43. The number of carbonyl (C=O) groups is 2. The van der Waals surface area contributed by atoms with Gasteiger partial charge in [-0.05, 0) is 23.3 Å². The molecule has 0 radical (unpaired) electrons. The first-order valence-electron chi connectivity index (χ1n) is 4.99. The summed E-state index contributed by atoms with van der Waals surface area (Å²) in [7, 11) is 1.24. The molecule has 0 saturated carbocycles. The van der Waals surface area contributed by atoms with Crippen molar-refractivity contribution in [2.45, 2.75) is 6.42 Å². The Hall–Kier alpha value is -2.17. The molecule has 1 aromatic rings. The maximum Gasteiger partial charge on any atom is 0.354 e. The molecule has 0 atom stereocenters. The molecule has 0 saturated heterocycles. The zero-order valence-corrected chi connectivity index (χ0v) is 9.12. The molecule has 1 aliphatic heterocycles. The van der Waals surface area contributed by atoms with Crippen molar-refractivity contribution < 1.29 is 18.7 Å². The van der Waals surface area contributed by atoms with Crippen molar-refractivity contribution in [3.8, 4) is 0 Å². The molecule has 2 rings (SSSR count). The second-order valence-electron chi connectivity index (χ2n) is 3.58. The first-order chi connectivity index (χ1) is 8.11. The van der Waals surface area contributed by atoms with Gasteiger partial charge in [0.1, 0.15) is 11.5 Å². The summed E-state index contributed by atoms with van der Waals surface area (Å²) < 4.78 is 17.4. The van der Waals surface area contributed by atoms with Crippen LogP contribution in [0.1, 0.15) is 12.0 Å². The molecular formula is C12H10FNO3. The van der Waals surface area contributed by atoms with Crippen LogP contribution in [0.5, 0.6) is 0 Å². The summed E-state index contributed by atoms with van der Waals surface area (Å²) in [6.07, 6.45) is 0.0933. The van der Waals surface area contributed by atoms with E-state index < -0.39 is 5.97 Å². The highest BCUT2D eigenvalue weighted by Gasteiger charge is 2.27. The molecule has 88 valence electrons. The fraction of sp³-hybridized carbons (Fsp3) is 0.167. The monoisotopic (exact) mass is 235 g/mol. The third-order valence-electron chi connectivity index (χ3n) is 2.49. The van der Waals surface area contributed by atoms with Gasteiger partial charge in [0.2, 0.25) is 5.91 Å². The van der Waals surface area contributed by atoms with Gasteiger partial charge in [-0.2, -0.15) is 0 Å². The van der Waals surface area contributed by atoms with Gasteiger partial charge < -0.3 is 10.1 Å². The van der Waals surface area contributed by atoms with Crippen LogP contribution in [-0.2, 0) is 14.3 Å². The average Bonchev–Trinajstić information content (AvgIpc) is 2.71. The molecule has 1 aliphatic rings. The van der Waals surface area contributed by atoms with E-state index in [0.29, 0.717) is 11.1 Å². The molecule has 0 fully saturated rings. The molecule has 5 heteroatoms. The molecule has 0 spiro atoms. The number of nitrogens with one attached hydrogen (secondary N) is 1. The lowest BCUT2D eigenvalue weighted by atomic mass is 10.0. The van der Waals surface area contributed by atoms with Crippen molar-refractivity contribution in [3.05, 3.63) is 41.3 Å². The Morgan fingerprint density at radius 3 is 2.59 bits per heavy atom. The number of halogens is 1. The zero-order chi connectivity index (χ0) is 12.4. The van der Waals surface area contributed by atoms with Crippen molar-refractivity contribution in [2.75, 3.05) is 7.11 Å². The molecule has 0 aromatic heterocycles. The van der Waals surface area contributed by atoms with Crippen LogP contribution in [0, 0.1) is 5.82 Å². The van der Waals surface area contributed by atoms with E-state index in [1.807, 2.05) is 0 Å². The number of carbonyl (C=O) groups excluding carboxylic acids is 2. The lowest BCUT2D eigenvalue weighted by Crippen LogP contribution is -2.21. The van der Waals surface area contributed by atoms with Crippen molar-refractivity contribution in [1.82, 2.24) is 5.32 Å². The Kier molecular flexibility index (Phi) is 2.91. The summed E-state index contributed by atoms with van der Waals surface area (Å²) in [5.74, 6) is -1.24. The Morgan fingerprint density at radius 2 is 2.00 bits per heavy atom. The SMILES string of the molecule is COC(=O)C1=C(c2ccc(F)cc2)CC(=O)N1. The van der Waals surface area contributed by atoms with Crippen LogP contribution in [0.2, 0.25) is 0 Å². The van der Waals surface area contributed by atoms with E-state index >= 15 is 0 Å². The van der Waals surface area contributed by atoms with Gasteiger partial charge in [0.25, 0.3) is 0 Å². The molecule has 1 N–H and O–H groups in total. The Morgan fingerprint density at radius 1 is 1.35 bits per heavy atom. The summed E-state index contributed by atoms with van der Waals surface area (Å²) in [5.41, 5.74) is 1.29. The molecule has 4 nitrogen and oxygen atoms in total. The average molecular weight is 235 g/mol. The lowest BCUT2D eigenvalue weighted by Gasteiger charge is -2.04. The lowest BCUT2D eigenvalue weighted by molar-refractivity contribution is -0.137. The first-order valence-corrected chi connectivity index (χ1v) is 4.99. The summed E-state index contributed by atoms with van der Waals surface area (Å²) >= 11 is 0. The van der Waals surface area contributed by atoms with E-state index in [4.69, 9.17) is 0 Å². The molecule has 0 unspecified atom stereocenters. The van der Waals surface area contributed by atoms with E-state index in [0.717, 1.165) is 0 Å².